The summed E-state index contributed by atoms with van der Waals surface area (Å²) in [6.45, 7) is 2.01. The van der Waals surface area contributed by atoms with Gasteiger partial charge in [-0.15, -0.1) is 0 Å². The number of fused-ring (bicyclic) bond motifs is 1. The maximum absolute atomic E-state index is 11.2. The second kappa shape index (κ2) is 5.12. The van der Waals surface area contributed by atoms with E-state index in [-0.39, 0.29) is 5.91 Å². The van der Waals surface area contributed by atoms with Crippen molar-refractivity contribution in [3.63, 3.8) is 0 Å². The van der Waals surface area contributed by atoms with Gasteiger partial charge in [-0.1, -0.05) is 18.2 Å². The van der Waals surface area contributed by atoms with Crippen molar-refractivity contribution >= 4 is 5.91 Å². The molecular weight excluding hydrogens is 200 g/mol. The summed E-state index contributed by atoms with van der Waals surface area (Å²) < 4.78 is 0. The molecule has 1 aromatic rings. The third-order valence-corrected chi connectivity index (χ3v) is 3.14. The number of hydrogen-bond donors (Lipinski definition) is 2. The first-order chi connectivity index (χ1) is 7.81. The first-order valence-corrected chi connectivity index (χ1v) is 5.82. The van der Waals surface area contributed by atoms with Gasteiger partial charge in [-0.3, -0.25) is 4.79 Å². The molecule has 0 aliphatic carbocycles. The number of carbonyl (C=O) groups is 1. The number of benzene rings is 1. The summed E-state index contributed by atoms with van der Waals surface area (Å²) in [7, 11) is 1.68. The third-order valence-electron chi connectivity index (χ3n) is 3.14. The minimum absolute atomic E-state index is 0.112. The van der Waals surface area contributed by atoms with Crippen LogP contribution in [0.5, 0.6) is 0 Å². The van der Waals surface area contributed by atoms with E-state index < -0.39 is 0 Å². The van der Waals surface area contributed by atoms with Gasteiger partial charge in [-0.05, 0) is 36.1 Å². The van der Waals surface area contributed by atoms with E-state index in [0.717, 1.165) is 25.9 Å². The molecule has 0 saturated carbocycles. The highest BCUT2D eigenvalue weighted by molar-refractivity contribution is 5.75. The average molecular weight is 218 g/mol. The second-order valence-corrected chi connectivity index (χ2v) is 4.15. The van der Waals surface area contributed by atoms with Crippen molar-refractivity contribution in [1.29, 1.82) is 0 Å². The Bertz CT molecular complexity index is 388. The topological polar surface area (TPSA) is 41.1 Å². The molecule has 1 aliphatic heterocycles. The lowest BCUT2D eigenvalue weighted by Gasteiger charge is -2.20. The van der Waals surface area contributed by atoms with Gasteiger partial charge in [0.1, 0.15) is 0 Å². The largest absolute Gasteiger partial charge is 0.359 e. The lowest BCUT2D eigenvalue weighted by Crippen LogP contribution is -2.25. The van der Waals surface area contributed by atoms with Crippen LogP contribution in [-0.4, -0.2) is 19.5 Å². The number of amides is 1. The first kappa shape index (κ1) is 11.1. The molecule has 1 aliphatic rings. The zero-order valence-corrected chi connectivity index (χ0v) is 9.68. The highest BCUT2D eigenvalue weighted by Crippen LogP contribution is 2.19. The fourth-order valence-corrected chi connectivity index (χ4v) is 2.19. The van der Waals surface area contributed by atoms with Gasteiger partial charge in [0.15, 0.2) is 0 Å². The van der Waals surface area contributed by atoms with Gasteiger partial charge in [-0.2, -0.15) is 0 Å². The Kier molecular flexibility index (Phi) is 3.57. The van der Waals surface area contributed by atoms with Crippen LogP contribution in [-0.2, 0) is 24.2 Å². The van der Waals surface area contributed by atoms with Crippen molar-refractivity contribution in [1.82, 2.24) is 10.6 Å². The van der Waals surface area contributed by atoms with E-state index in [1.165, 1.54) is 16.7 Å². The van der Waals surface area contributed by atoms with Crippen LogP contribution in [0.1, 0.15) is 23.1 Å². The van der Waals surface area contributed by atoms with Gasteiger partial charge < -0.3 is 10.6 Å². The number of hydrogen-bond acceptors (Lipinski definition) is 2. The van der Waals surface area contributed by atoms with E-state index in [2.05, 4.69) is 28.8 Å². The smallest absolute Gasteiger partial charge is 0.220 e. The van der Waals surface area contributed by atoms with Crippen molar-refractivity contribution in [2.45, 2.75) is 25.8 Å². The van der Waals surface area contributed by atoms with Crippen molar-refractivity contribution < 1.29 is 4.79 Å². The lowest BCUT2D eigenvalue weighted by atomic mass is 9.93. The van der Waals surface area contributed by atoms with E-state index in [1.807, 2.05) is 0 Å². The molecule has 0 aromatic heterocycles. The van der Waals surface area contributed by atoms with Gasteiger partial charge in [0, 0.05) is 20.0 Å². The fraction of sp³-hybridized carbons (Fsp3) is 0.462. The number of carbonyl (C=O) groups excluding carboxylic acids is 1. The van der Waals surface area contributed by atoms with Crippen molar-refractivity contribution in [2.75, 3.05) is 13.6 Å². The Labute approximate surface area is 96.2 Å². The molecule has 0 fully saturated rings. The van der Waals surface area contributed by atoms with E-state index in [4.69, 9.17) is 0 Å². The number of nitrogens with one attached hydrogen (secondary N) is 2. The highest BCUT2D eigenvalue weighted by Gasteiger charge is 2.12. The van der Waals surface area contributed by atoms with Gasteiger partial charge in [0.2, 0.25) is 5.91 Å². The van der Waals surface area contributed by atoms with Gasteiger partial charge in [0.25, 0.3) is 0 Å². The Morgan fingerprint density at radius 1 is 1.50 bits per heavy atom. The van der Waals surface area contributed by atoms with Crippen LogP contribution in [0.4, 0.5) is 0 Å². The molecule has 0 unspecified atom stereocenters. The van der Waals surface area contributed by atoms with E-state index in [9.17, 15) is 4.79 Å². The standard InChI is InChI=1S/C13H18N2O/c1-14-13(16)6-5-10-3-2-4-11-7-8-15-9-12(10)11/h2-4,15H,5-9H2,1H3,(H,14,16). The Morgan fingerprint density at radius 3 is 3.19 bits per heavy atom. The van der Waals surface area contributed by atoms with E-state index in [1.54, 1.807) is 7.05 Å². The predicted molar refractivity (Wildman–Crippen MR) is 64.2 cm³/mol. The zero-order chi connectivity index (χ0) is 11.4. The molecule has 0 saturated heterocycles. The lowest BCUT2D eigenvalue weighted by molar-refractivity contribution is -0.120. The molecule has 3 nitrogen and oxygen atoms in total. The minimum atomic E-state index is 0.112. The molecule has 0 radical (unpaired) electrons. The van der Waals surface area contributed by atoms with Gasteiger partial charge in [-0.25, -0.2) is 0 Å². The summed E-state index contributed by atoms with van der Waals surface area (Å²) in [6, 6.07) is 6.43. The SMILES string of the molecule is CNC(=O)CCc1cccc2c1CNCC2. The first-order valence-electron chi connectivity index (χ1n) is 5.82. The van der Waals surface area contributed by atoms with Crippen LogP contribution in [0, 0.1) is 0 Å². The van der Waals surface area contributed by atoms with Crippen LogP contribution in [0.15, 0.2) is 18.2 Å². The molecule has 1 aromatic carbocycles. The Morgan fingerprint density at radius 2 is 2.38 bits per heavy atom. The van der Waals surface area contributed by atoms with E-state index >= 15 is 0 Å². The van der Waals surface area contributed by atoms with Gasteiger partial charge >= 0.3 is 0 Å². The predicted octanol–water partition coefficient (Wildman–Crippen LogP) is 1.01. The highest BCUT2D eigenvalue weighted by atomic mass is 16.1. The van der Waals surface area contributed by atoms with E-state index in [0.29, 0.717) is 6.42 Å². The molecule has 3 heteroatoms. The van der Waals surface area contributed by atoms with Crippen molar-refractivity contribution in [3.05, 3.63) is 34.9 Å². The Hall–Kier alpha value is -1.35. The summed E-state index contributed by atoms with van der Waals surface area (Å²) in [6.07, 6.45) is 2.51. The summed E-state index contributed by atoms with van der Waals surface area (Å²) in [5.74, 6) is 0.112. The van der Waals surface area contributed by atoms with Crippen LogP contribution >= 0.6 is 0 Å². The van der Waals surface area contributed by atoms with Crippen LogP contribution in [0.25, 0.3) is 0 Å². The Balaban J connectivity index is 2.11. The molecule has 2 rings (SSSR count). The maximum Gasteiger partial charge on any atom is 0.220 e. The number of rotatable bonds is 3. The average Bonchev–Trinajstić information content (AvgIpc) is 2.35. The summed E-state index contributed by atoms with van der Waals surface area (Å²) >= 11 is 0. The van der Waals surface area contributed by atoms with Crippen LogP contribution in [0.2, 0.25) is 0 Å². The molecule has 1 heterocycles. The maximum atomic E-state index is 11.2. The molecule has 0 bridgehead atoms. The third kappa shape index (κ3) is 2.42. The number of aryl methyl sites for hydroxylation is 1. The zero-order valence-electron chi connectivity index (χ0n) is 9.68. The molecule has 2 N–H and O–H groups in total. The molecule has 1 amide bonds. The molecule has 0 spiro atoms. The molecule has 0 atom stereocenters. The normalized spacial score (nSPS) is 14.3. The molecule has 16 heavy (non-hydrogen) atoms. The summed E-state index contributed by atoms with van der Waals surface area (Å²) in [4.78, 5) is 11.2. The molecule has 86 valence electrons. The van der Waals surface area contributed by atoms with Crippen molar-refractivity contribution in [3.8, 4) is 0 Å². The fourth-order valence-electron chi connectivity index (χ4n) is 2.19. The van der Waals surface area contributed by atoms with Crippen molar-refractivity contribution in [2.24, 2.45) is 0 Å². The second-order valence-electron chi connectivity index (χ2n) is 4.15. The quantitative estimate of drug-likeness (QED) is 0.795. The molecular formula is C13H18N2O. The summed E-state index contributed by atoms with van der Waals surface area (Å²) in [5, 5.41) is 6.04. The monoisotopic (exact) mass is 218 g/mol. The van der Waals surface area contributed by atoms with Crippen LogP contribution in [0.3, 0.4) is 0 Å². The summed E-state index contributed by atoms with van der Waals surface area (Å²) in [5.41, 5.74) is 4.15. The van der Waals surface area contributed by atoms with Crippen LogP contribution < -0.4 is 10.6 Å². The minimum Gasteiger partial charge on any atom is -0.359 e. The van der Waals surface area contributed by atoms with Gasteiger partial charge in [0.05, 0.1) is 0 Å².